The van der Waals surface area contributed by atoms with Gasteiger partial charge in [0.15, 0.2) is 12.4 Å². The number of hydrogen-bond acceptors (Lipinski definition) is 7. The molecule has 9 heteroatoms. The molecule has 0 aliphatic heterocycles. The summed E-state index contributed by atoms with van der Waals surface area (Å²) in [6.45, 7) is -0.419. The Kier molecular flexibility index (Phi) is 6.49. The number of nitro groups is 1. The molecule has 0 aliphatic rings. The molecule has 0 bridgehead atoms. The van der Waals surface area contributed by atoms with Crippen molar-refractivity contribution in [2.24, 2.45) is 5.10 Å². The van der Waals surface area contributed by atoms with Crippen molar-refractivity contribution in [2.75, 3.05) is 20.8 Å². The topological polar surface area (TPSA) is 112 Å². The number of carbonyl (C=O) groups excluding carboxylic acids is 1. The van der Waals surface area contributed by atoms with Gasteiger partial charge in [-0.3, -0.25) is 14.9 Å². The summed E-state index contributed by atoms with van der Waals surface area (Å²) in [7, 11) is 3.04. The molecule has 0 aliphatic carbocycles. The molecule has 1 amide bonds. The maximum Gasteiger partial charge on any atom is 0.310 e. The van der Waals surface area contributed by atoms with Crippen molar-refractivity contribution in [1.29, 1.82) is 0 Å². The van der Waals surface area contributed by atoms with Crippen LogP contribution in [0.15, 0.2) is 47.6 Å². The summed E-state index contributed by atoms with van der Waals surface area (Å²) in [4.78, 5) is 22.1. The van der Waals surface area contributed by atoms with E-state index in [1.165, 1.54) is 38.6 Å². The molecule has 9 nitrogen and oxygen atoms in total. The SMILES string of the molecule is COc1ccc(OC)c(/C=N\NC(=O)COc2ccccc2[N+](=O)[O-])c1. The van der Waals surface area contributed by atoms with E-state index in [1.54, 1.807) is 24.3 Å². The Morgan fingerprint density at radius 1 is 1.19 bits per heavy atom. The third-order valence-electron chi connectivity index (χ3n) is 3.25. The third-order valence-corrected chi connectivity index (χ3v) is 3.25. The minimum Gasteiger partial charge on any atom is -0.497 e. The molecule has 2 aromatic carbocycles. The van der Waals surface area contributed by atoms with E-state index in [1.807, 2.05) is 0 Å². The molecule has 0 saturated heterocycles. The van der Waals surface area contributed by atoms with Crippen molar-refractivity contribution in [3.8, 4) is 17.2 Å². The molecule has 1 N–H and O–H groups in total. The van der Waals surface area contributed by atoms with E-state index in [0.29, 0.717) is 17.1 Å². The van der Waals surface area contributed by atoms with Gasteiger partial charge in [0.25, 0.3) is 5.91 Å². The number of carbonyl (C=O) groups is 1. The van der Waals surface area contributed by atoms with E-state index in [4.69, 9.17) is 14.2 Å². The Hall–Kier alpha value is -3.62. The normalized spacial score (nSPS) is 10.4. The molecule has 0 fully saturated rings. The standard InChI is InChI=1S/C17H17N3O6/c1-24-13-7-8-15(25-2)12(9-13)10-18-19-17(21)11-26-16-6-4-3-5-14(16)20(22)23/h3-10H,11H2,1-2H3,(H,19,21)/b18-10-. The fourth-order valence-electron chi connectivity index (χ4n) is 2.02. The average molecular weight is 359 g/mol. The van der Waals surface area contributed by atoms with Crippen LogP contribution in [-0.4, -0.2) is 37.9 Å². The molecule has 26 heavy (non-hydrogen) atoms. The molecule has 2 aromatic rings. The van der Waals surface area contributed by atoms with Gasteiger partial charge in [-0.1, -0.05) is 12.1 Å². The number of nitrogens with one attached hydrogen (secondary N) is 1. The van der Waals surface area contributed by atoms with E-state index >= 15 is 0 Å². The Labute approximate surface area is 149 Å². The molecule has 0 aromatic heterocycles. The molecule has 0 atom stereocenters. The number of benzene rings is 2. The lowest BCUT2D eigenvalue weighted by Gasteiger charge is -2.07. The van der Waals surface area contributed by atoms with Gasteiger partial charge >= 0.3 is 5.69 Å². The molecule has 0 saturated carbocycles. The highest BCUT2D eigenvalue weighted by atomic mass is 16.6. The van der Waals surface area contributed by atoms with E-state index in [-0.39, 0.29) is 11.4 Å². The largest absolute Gasteiger partial charge is 0.497 e. The highest BCUT2D eigenvalue weighted by molar-refractivity contribution is 5.86. The number of amides is 1. The number of nitrogens with zero attached hydrogens (tertiary/aromatic N) is 2. The number of para-hydroxylation sites is 2. The van der Waals surface area contributed by atoms with Crippen LogP contribution < -0.4 is 19.6 Å². The van der Waals surface area contributed by atoms with Crippen molar-refractivity contribution in [1.82, 2.24) is 5.43 Å². The van der Waals surface area contributed by atoms with E-state index in [9.17, 15) is 14.9 Å². The molecule has 0 heterocycles. The predicted octanol–water partition coefficient (Wildman–Crippen LogP) is 2.14. The van der Waals surface area contributed by atoms with Gasteiger partial charge in [-0.15, -0.1) is 0 Å². The Morgan fingerprint density at radius 3 is 2.65 bits per heavy atom. The van der Waals surface area contributed by atoms with E-state index in [0.717, 1.165) is 0 Å². The minimum absolute atomic E-state index is 0.00564. The van der Waals surface area contributed by atoms with Crippen molar-refractivity contribution < 1.29 is 23.9 Å². The van der Waals surface area contributed by atoms with Gasteiger partial charge in [-0.05, 0) is 24.3 Å². The van der Waals surface area contributed by atoms with Gasteiger partial charge in [0.1, 0.15) is 11.5 Å². The molecule has 0 radical (unpaired) electrons. The van der Waals surface area contributed by atoms with Crippen LogP contribution in [0.4, 0.5) is 5.69 Å². The van der Waals surface area contributed by atoms with Gasteiger partial charge in [-0.2, -0.15) is 5.10 Å². The predicted molar refractivity (Wildman–Crippen MR) is 93.9 cm³/mol. The second-order valence-corrected chi connectivity index (χ2v) is 4.91. The lowest BCUT2D eigenvalue weighted by molar-refractivity contribution is -0.385. The fourth-order valence-corrected chi connectivity index (χ4v) is 2.02. The van der Waals surface area contributed by atoms with Crippen molar-refractivity contribution in [3.63, 3.8) is 0 Å². The van der Waals surface area contributed by atoms with Gasteiger partial charge in [0.05, 0.1) is 25.4 Å². The number of nitro benzene ring substituents is 1. The summed E-state index contributed by atoms with van der Waals surface area (Å²) < 4.78 is 15.5. The van der Waals surface area contributed by atoms with Crippen LogP contribution in [-0.2, 0) is 4.79 Å². The van der Waals surface area contributed by atoms with Gasteiger partial charge in [0.2, 0.25) is 0 Å². The second kappa shape index (κ2) is 9.02. The maximum atomic E-state index is 11.8. The Morgan fingerprint density at radius 2 is 1.96 bits per heavy atom. The molecular weight excluding hydrogens is 342 g/mol. The summed E-state index contributed by atoms with van der Waals surface area (Å²) in [6.07, 6.45) is 1.39. The first-order chi connectivity index (χ1) is 12.5. The van der Waals surface area contributed by atoms with Gasteiger partial charge in [-0.25, -0.2) is 5.43 Å². The number of ether oxygens (including phenoxy) is 3. The molecule has 2 rings (SSSR count). The lowest BCUT2D eigenvalue weighted by Crippen LogP contribution is -2.24. The van der Waals surface area contributed by atoms with Crippen LogP contribution in [0, 0.1) is 10.1 Å². The highest BCUT2D eigenvalue weighted by Gasteiger charge is 2.14. The molecule has 0 spiro atoms. The van der Waals surface area contributed by atoms with E-state index in [2.05, 4.69) is 10.5 Å². The zero-order chi connectivity index (χ0) is 18.9. The van der Waals surface area contributed by atoms with Crippen molar-refractivity contribution in [2.45, 2.75) is 0 Å². The third kappa shape index (κ3) is 4.94. The zero-order valence-corrected chi connectivity index (χ0v) is 14.2. The highest BCUT2D eigenvalue weighted by Crippen LogP contribution is 2.25. The van der Waals surface area contributed by atoms with Crippen LogP contribution in [0.1, 0.15) is 5.56 Å². The van der Waals surface area contributed by atoms with Gasteiger partial charge in [0, 0.05) is 11.6 Å². The summed E-state index contributed by atoms with van der Waals surface area (Å²) in [5, 5.41) is 14.7. The van der Waals surface area contributed by atoms with Crippen LogP contribution in [0.2, 0.25) is 0 Å². The number of methoxy groups -OCH3 is 2. The van der Waals surface area contributed by atoms with Gasteiger partial charge < -0.3 is 14.2 Å². The first-order valence-corrected chi connectivity index (χ1v) is 7.45. The van der Waals surface area contributed by atoms with Crippen LogP contribution in [0.5, 0.6) is 17.2 Å². The number of rotatable bonds is 8. The first kappa shape index (κ1) is 18.7. The summed E-state index contributed by atoms with van der Waals surface area (Å²) in [5.41, 5.74) is 2.66. The maximum absolute atomic E-state index is 11.8. The Bertz CT molecular complexity index is 822. The second-order valence-electron chi connectivity index (χ2n) is 4.91. The van der Waals surface area contributed by atoms with Crippen LogP contribution in [0.25, 0.3) is 0 Å². The van der Waals surface area contributed by atoms with Crippen molar-refractivity contribution in [3.05, 3.63) is 58.1 Å². The van der Waals surface area contributed by atoms with Crippen LogP contribution >= 0.6 is 0 Å². The smallest absolute Gasteiger partial charge is 0.310 e. The Balaban J connectivity index is 1.95. The van der Waals surface area contributed by atoms with Crippen molar-refractivity contribution >= 4 is 17.8 Å². The monoisotopic (exact) mass is 359 g/mol. The molecule has 136 valence electrons. The number of hydrogen-bond donors (Lipinski definition) is 1. The lowest BCUT2D eigenvalue weighted by atomic mass is 10.2. The zero-order valence-electron chi connectivity index (χ0n) is 14.2. The molecule has 0 unspecified atom stereocenters. The number of hydrazone groups is 1. The van der Waals surface area contributed by atoms with E-state index < -0.39 is 17.4 Å². The summed E-state index contributed by atoms with van der Waals surface area (Å²) in [6, 6.07) is 10.9. The molecular formula is C17H17N3O6. The average Bonchev–Trinajstić information content (AvgIpc) is 2.66. The fraction of sp³-hybridized carbons (Fsp3) is 0.176. The quantitative estimate of drug-likeness (QED) is 0.439. The summed E-state index contributed by atoms with van der Waals surface area (Å²) in [5.74, 6) is 0.602. The summed E-state index contributed by atoms with van der Waals surface area (Å²) >= 11 is 0. The first-order valence-electron chi connectivity index (χ1n) is 7.45. The minimum atomic E-state index is -0.583. The van der Waals surface area contributed by atoms with Crippen LogP contribution in [0.3, 0.4) is 0 Å².